The summed E-state index contributed by atoms with van der Waals surface area (Å²) in [7, 11) is 1.97. The molecule has 3 nitrogen and oxygen atoms in total. The molecule has 0 aromatic heterocycles. The molecule has 2 unspecified atom stereocenters. The number of amides is 1. The Hall–Kier alpha value is -0.570. The van der Waals surface area contributed by atoms with Gasteiger partial charge in [0.05, 0.1) is 0 Å². The Morgan fingerprint density at radius 2 is 1.88 bits per heavy atom. The van der Waals surface area contributed by atoms with E-state index in [4.69, 9.17) is 5.73 Å². The zero-order valence-electron chi connectivity index (χ0n) is 11.6. The summed E-state index contributed by atoms with van der Waals surface area (Å²) in [6.45, 7) is 4.91. The van der Waals surface area contributed by atoms with Crippen molar-refractivity contribution in [1.82, 2.24) is 4.90 Å². The van der Waals surface area contributed by atoms with E-state index < -0.39 is 0 Å². The molecule has 0 heterocycles. The Kier molecular flexibility index (Phi) is 5.96. The van der Waals surface area contributed by atoms with E-state index in [1.54, 1.807) is 0 Å². The molecule has 0 aliphatic heterocycles. The van der Waals surface area contributed by atoms with Crippen LogP contribution in [-0.4, -0.2) is 30.4 Å². The van der Waals surface area contributed by atoms with Crippen molar-refractivity contribution >= 4 is 5.91 Å². The van der Waals surface area contributed by atoms with Crippen LogP contribution >= 0.6 is 0 Å². The molecule has 0 spiro atoms. The summed E-state index contributed by atoms with van der Waals surface area (Å²) < 4.78 is 0. The quantitative estimate of drug-likeness (QED) is 0.802. The smallest absolute Gasteiger partial charge is 0.225 e. The molecule has 1 rings (SSSR count). The third-order valence-corrected chi connectivity index (χ3v) is 4.35. The van der Waals surface area contributed by atoms with Crippen LogP contribution in [0.1, 0.15) is 52.4 Å². The second-order valence-electron chi connectivity index (χ2n) is 5.31. The standard InChI is InChI=1S/C14H28N2O/c1-4-11(5-2)14(17)16(3)13-9-7-6-8-12(13)10-15/h11-13H,4-10,15H2,1-3H3. The van der Waals surface area contributed by atoms with Crippen molar-refractivity contribution in [2.45, 2.75) is 58.4 Å². The highest BCUT2D eigenvalue weighted by Crippen LogP contribution is 2.28. The Morgan fingerprint density at radius 1 is 1.29 bits per heavy atom. The summed E-state index contributed by atoms with van der Waals surface area (Å²) >= 11 is 0. The average molecular weight is 240 g/mol. The van der Waals surface area contributed by atoms with Gasteiger partial charge < -0.3 is 10.6 Å². The summed E-state index contributed by atoms with van der Waals surface area (Å²) in [4.78, 5) is 14.3. The number of nitrogens with zero attached hydrogens (tertiary/aromatic N) is 1. The van der Waals surface area contributed by atoms with Crippen molar-refractivity contribution in [2.75, 3.05) is 13.6 Å². The van der Waals surface area contributed by atoms with E-state index in [-0.39, 0.29) is 5.92 Å². The second kappa shape index (κ2) is 7.00. The minimum absolute atomic E-state index is 0.195. The normalized spacial score (nSPS) is 25.0. The molecule has 0 aromatic rings. The summed E-state index contributed by atoms with van der Waals surface area (Å²) in [6.07, 6.45) is 6.71. The molecule has 1 aliphatic rings. The number of nitrogens with two attached hydrogens (primary N) is 1. The summed E-state index contributed by atoms with van der Waals surface area (Å²) in [5, 5.41) is 0. The van der Waals surface area contributed by atoms with Gasteiger partial charge in [0.1, 0.15) is 0 Å². The first-order valence-corrected chi connectivity index (χ1v) is 7.12. The lowest BCUT2D eigenvalue weighted by molar-refractivity contribution is -0.138. The number of hydrogen-bond acceptors (Lipinski definition) is 2. The first-order valence-electron chi connectivity index (χ1n) is 7.12. The van der Waals surface area contributed by atoms with Crippen molar-refractivity contribution in [3.8, 4) is 0 Å². The fourth-order valence-corrected chi connectivity index (χ4v) is 3.06. The molecule has 1 fully saturated rings. The van der Waals surface area contributed by atoms with Crippen LogP contribution < -0.4 is 5.73 Å². The Bertz CT molecular complexity index is 238. The molecule has 0 radical (unpaired) electrons. The van der Waals surface area contributed by atoms with E-state index in [2.05, 4.69) is 13.8 Å². The van der Waals surface area contributed by atoms with Crippen molar-refractivity contribution in [3.05, 3.63) is 0 Å². The predicted molar refractivity (Wildman–Crippen MR) is 71.6 cm³/mol. The minimum atomic E-state index is 0.195. The third kappa shape index (κ3) is 3.44. The van der Waals surface area contributed by atoms with Crippen molar-refractivity contribution in [1.29, 1.82) is 0 Å². The van der Waals surface area contributed by atoms with Gasteiger partial charge in [0, 0.05) is 19.0 Å². The molecule has 0 saturated heterocycles. The third-order valence-electron chi connectivity index (χ3n) is 4.35. The molecule has 100 valence electrons. The molecule has 2 atom stereocenters. The van der Waals surface area contributed by atoms with Gasteiger partial charge in [0.15, 0.2) is 0 Å². The highest BCUT2D eigenvalue weighted by atomic mass is 16.2. The SMILES string of the molecule is CCC(CC)C(=O)N(C)C1CCCCC1CN. The van der Waals surface area contributed by atoms with Crippen LogP contribution in [0.3, 0.4) is 0 Å². The van der Waals surface area contributed by atoms with E-state index in [1.807, 2.05) is 11.9 Å². The number of carbonyl (C=O) groups excluding carboxylic acids is 1. The maximum absolute atomic E-state index is 12.4. The van der Waals surface area contributed by atoms with Crippen LogP contribution in [0, 0.1) is 11.8 Å². The zero-order valence-corrected chi connectivity index (χ0v) is 11.6. The van der Waals surface area contributed by atoms with Crippen molar-refractivity contribution < 1.29 is 4.79 Å². The van der Waals surface area contributed by atoms with Crippen LogP contribution in [0.2, 0.25) is 0 Å². The Morgan fingerprint density at radius 3 is 2.41 bits per heavy atom. The second-order valence-corrected chi connectivity index (χ2v) is 5.31. The van der Waals surface area contributed by atoms with E-state index in [0.717, 1.165) is 19.3 Å². The van der Waals surface area contributed by atoms with Gasteiger partial charge >= 0.3 is 0 Å². The summed E-state index contributed by atoms with van der Waals surface area (Å²) in [5.41, 5.74) is 5.83. The van der Waals surface area contributed by atoms with Gasteiger partial charge in [-0.1, -0.05) is 26.7 Å². The predicted octanol–water partition coefficient (Wildman–Crippen LogP) is 2.40. The topological polar surface area (TPSA) is 46.3 Å². The lowest BCUT2D eigenvalue weighted by Crippen LogP contribution is -2.47. The number of carbonyl (C=O) groups is 1. The van der Waals surface area contributed by atoms with E-state index in [9.17, 15) is 4.79 Å². The number of hydrogen-bond donors (Lipinski definition) is 1. The van der Waals surface area contributed by atoms with Gasteiger partial charge in [0.25, 0.3) is 0 Å². The van der Waals surface area contributed by atoms with Crippen LogP contribution in [0.4, 0.5) is 0 Å². The van der Waals surface area contributed by atoms with Crippen LogP contribution in [-0.2, 0) is 4.79 Å². The summed E-state index contributed by atoms with van der Waals surface area (Å²) in [6, 6.07) is 0.377. The molecule has 1 amide bonds. The van der Waals surface area contributed by atoms with Gasteiger partial charge in [-0.2, -0.15) is 0 Å². The Balaban J connectivity index is 2.66. The minimum Gasteiger partial charge on any atom is -0.342 e. The van der Waals surface area contributed by atoms with Crippen molar-refractivity contribution in [2.24, 2.45) is 17.6 Å². The molecule has 1 saturated carbocycles. The average Bonchev–Trinajstić information content (AvgIpc) is 2.39. The van der Waals surface area contributed by atoms with Gasteiger partial charge in [-0.25, -0.2) is 0 Å². The van der Waals surface area contributed by atoms with E-state index >= 15 is 0 Å². The number of rotatable bonds is 5. The highest BCUT2D eigenvalue weighted by Gasteiger charge is 2.31. The molecule has 2 N–H and O–H groups in total. The zero-order chi connectivity index (χ0) is 12.8. The van der Waals surface area contributed by atoms with Crippen LogP contribution in [0.5, 0.6) is 0 Å². The maximum Gasteiger partial charge on any atom is 0.225 e. The molecular formula is C14H28N2O. The van der Waals surface area contributed by atoms with E-state index in [0.29, 0.717) is 24.4 Å². The fraction of sp³-hybridized carbons (Fsp3) is 0.929. The Labute approximate surface area is 106 Å². The van der Waals surface area contributed by atoms with Gasteiger partial charge in [-0.15, -0.1) is 0 Å². The molecule has 17 heavy (non-hydrogen) atoms. The monoisotopic (exact) mass is 240 g/mol. The first kappa shape index (κ1) is 14.5. The molecule has 1 aliphatic carbocycles. The lowest BCUT2D eigenvalue weighted by Gasteiger charge is -2.38. The van der Waals surface area contributed by atoms with E-state index in [1.165, 1.54) is 19.3 Å². The largest absolute Gasteiger partial charge is 0.342 e. The van der Waals surface area contributed by atoms with Crippen LogP contribution in [0.15, 0.2) is 0 Å². The molecule has 0 bridgehead atoms. The fourth-order valence-electron chi connectivity index (χ4n) is 3.06. The maximum atomic E-state index is 12.4. The first-order chi connectivity index (χ1) is 8.15. The highest BCUT2D eigenvalue weighted by molar-refractivity contribution is 5.78. The van der Waals surface area contributed by atoms with Crippen LogP contribution in [0.25, 0.3) is 0 Å². The molecular weight excluding hydrogens is 212 g/mol. The lowest BCUT2D eigenvalue weighted by atomic mass is 9.83. The van der Waals surface area contributed by atoms with Crippen molar-refractivity contribution in [3.63, 3.8) is 0 Å². The van der Waals surface area contributed by atoms with Gasteiger partial charge in [0.2, 0.25) is 5.91 Å². The van der Waals surface area contributed by atoms with Gasteiger partial charge in [-0.3, -0.25) is 4.79 Å². The molecule has 3 heteroatoms. The van der Waals surface area contributed by atoms with Gasteiger partial charge in [-0.05, 0) is 38.1 Å². The molecule has 0 aromatic carbocycles. The summed E-state index contributed by atoms with van der Waals surface area (Å²) in [5.74, 6) is 1.02.